The molecule has 30 heavy (non-hydrogen) atoms. The monoisotopic (exact) mass is 408 g/mol. The van der Waals surface area contributed by atoms with Crippen LogP contribution in [-0.4, -0.2) is 75.7 Å². The number of likely N-dealkylation sites (tertiary alicyclic amines) is 1. The van der Waals surface area contributed by atoms with Gasteiger partial charge < -0.3 is 14.9 Å². The lowest BCUT2D eigenvalue weighted by Crippen LogP contribution is -2.45. The summed E-state index contributed by atoms with van der Waals surface area (Å²) < 4.78 is 0. The quantitative estimate of drug-likeness (QED) is 0.834. The number of pyridine rings is 1. The van der Waals surface area contributed by atoms with Gasteiger partial charge in [-0.3, -0.25) is 9.88 Å². The van der Waals surface area contributed by atoms with Crippen LogP contribution in [0.2, 0.25) is 0 Å². The number of aromatic nitrogens is 3. The molecule has 3 aliphatic rings. The van der Waals surface area contributed by atoms with Crippen molar-refractivity contribution in [1.82, 2.24) is 24.8 Å². The molecule has 0 aromatic carbocycles. The van der Waals surface area contributed by atoms with E-state index in [2.05, 4.69) is 33.9 Å². The Labute approximate surface area is 178 Å². The highest BCUT2D eigenvalue weighted by molar-refractivity contribution is 5.41. The van der Waals surface area contributed by atoms with Gasteiger partial charge in [0.05, 0.1) is 29.6 Å². The molecule has 2 aliphatic heterocycles. The fraction of sp³-hybridized carbons (Fsp3) is 0.609. The summed E-state index contributed by atoms with van der Waals surface area (Å²) in [5, 5.41) is 10.6. The Bertz CT molecular complexity index is 897. The predicted molar refractivity (Wildman–Crippen MR) is 116 cm³/mol. The van der Waals surface area contributed by atoms with Crippen molar-refractivity contribution in [3.05, 3.63) is 47.2 Å². The van der Waals surface area contributed by atoms with Crippen LogP contribution in [0.25, 0.3) is 0 Å². The Hall–Kier alpha value is -2.09. The summed E-state index contributed by atoms with van der Waals surface area (Å²) in [4.78, 5) is 21.5. The molecule has 0 amide bonds. The minimum absolute atomic E-state index is 0.103. The molecule has 0 unspecified atom stereocenters. The van der Waals surface area contributed by atoms with E-state index in [1.165, 1.54) is 11.3 Å². The van der Waals surface area contributed by atoms with E-state index >= 15 is 0 Å². The predicted octanol–water partition coefficient (Wildman–Crippen LogP) is 2.12. The molecule has 7 nitrogen and oxygen atoms in total. The highest BCUT2D eigenvalue weighted by Crippen LogP contribution is 2.43. The van der Waals surface area contributed by atoms with Crippen LogP contribution in [0.4, 0.5) is 5.82 Å². The molecule has 160 valence electrons. The zero-order valence-electron chi connectivity index (χ0n) is 18.0. The fourth-order valence-corrected chi connectivity index (χ4v) is 5.32. The molecular weight excluding hydrogens is 376 g/mol. The number of aliphatic hydroxyl groups excluding tert-OH is 1. The molecule has 7 heteroatoms. The number of aliphatic hydroxyl groups is 1. The molecular formula is C23H32N6O. The molecule has 0 bridgehead atoms. The van der Waals surface area contributed by atoms with Crippen LogP contribution in [0.1, 0.15) is 54.1 Å². The topological polar surface area (TPSA) is 68.6 Å². The second kappa shape index (κ2) is 8.21. The summed E-state index contributed by atoms with van der Waals surface area (Å²) in [6, 6.07) is 6.76. The molecule has 0 saturated carbocycles. The van der Waals surface area contributed by atoms with Crippen molar-refractivity contribution in [2.75, 3.05) is 44.7 Å². The van der Waals surface area contributed by atoms with E-state index in [9.17, 15) is 5.11 Å². The number of rotatable bonds is 3. The van der Waals surface area contributed by atoms with Gasteiger partial charge in [0.25, 0.3) is 0 Å². The van der Waals surface area contributed by atoms with Gasteiger partial charge in [-0.05, 0) is 51.3 Å². The lowest BCUT2D eigenvalue weighted by molar-refractivity contribution is 0.133. The van der Waals surface area contributed by atoms with Gasteiger partial charge in [0.15, 0.2) is 0 Å². The van der Waals surface area contributed by atoms with Crippen LogP contribution in [0, 0.1) is 6.92 Å². The number of β-amino-alcohol motifs (C(OH)–C–C–N with tert-alkyl or cyclic N) is 1. The molecule has 1 N–H and O–H groups in total. The molecule has 2 fully saturated rings. The van der Waals surface area contributed by atoms with Crippen molar-refractivity contribution in [2.45, 2.75) is 50.8 Å². The SMILES string of the molecule is Cc1nc([C@@H]2C[C@@H](O)CN2[C@H]2CCCc3cccnc32)cc(N2CCN(C)CC2)n1. The zero-order valence-corrected chi connectivity index (χ0v) is 18.0. The number of piperazine rings is 1. The number of fused-ring (bicyclic) bond motifs is 1. The van der Waals surface area contributed by atoms with Gasteiger partial charge in [-0.15, -0.1) is 0 Å². The average molecular weight is 409 g/mol. The third-order valence-electron chi connectivity index (χ3n) is 6.90. The number of anilines is 1. The number of nitrogens with zero attached hydrogens (tertiary/aromatic N) is 6. The Morgan fingerprint density at radius 3 is 2.77 bits per heavy atom. The van der Waals surface area contributed by atoms with Crippen LogP contribution in [0.5, 0.6) is 0 Å². The summed E-state index contributed by atoms with van der Waals surface area (Å²) in [5.74, 6) is 1.83. The summed E-state index contributed by atoms with van der Waals surface area (Å²) in [6.07, 6.45) is 5.64. The summed E-state index contributed by atoms with van der Waals surface area (Å²) in [6.45, 7) is 6.75. The van der Waals surface area contributed by atoms with E-state index in [4.69, 9.17) is 15.0 Å². The molecule has 2 saturated heterocycles. The van der Waals surface area contributed by atoms with E-state index in [0.717, 1.165) is 69.2 Å². The van der Waals surface area contributed by atoms with Gasteiger partial charge in [0.2, 0.25) is 0 Å². The molecule has 3 atom stereocenters. The molecule has 0 radical (unpaired) electrons. The lowest BCUT2D eigenvalue weighted by atomic mass is 9.90. The second-order valence-electron chi connectivity index (χ2n) is 9.05. The van der Waals surface area contributed by atoms with Gasteiger partial charge in [-0.1, -0.05) is 6.07 Å². The first-order chi connectivity index (χ1) is 14.6. The first kappa shape index (κ1) is 19.8. The van der Waals surface area contributed by atoms with Crippen LogP contribution in [-0.2, 0) is 6.42 Å². The first-order valence-electron chi connectivity index (χ1n) is 11.2. The highest BCUT2D eigenvalue weighted by Gasteiger charge is 2.40. The zero-order chi connectivity index (χ0) is 20.7. The highest BCUT2D eigenvalue weighted by atomic mass is 16.3. The molecule has 0 spiro atoms. The van der Waals surface area contributed by atoms with E-state index in [1.807, 2.05) is 19.2 Å². The average Bonchev–Trinajstić information content (AvgIpc) is 3.15. The Kier molecular flexibility index (Phi) is 5.43. The van der Waals surface area contributed by atoms with Gasteiger partial charge in [-0.25, -0.2) is 9.97 Å². The van der Waals surface area contributed by atoms with Crippen LogP contribution in [0.15, 0.2) is 24.4 Å². The normalized spacial score (nSPS) is 28.0. The number of likely N-dealkylation sites (N-methyl/N-ethyl adjacent to an activating group) is 1. The van der Waals surface area contributed by atoms with E-state index in [1.54, 1.807) is 0 Å². The second-order valence-corrected chi connectivity index (χ2v) is 9.05. The van der Waals surface area contributed by atoms with Crippen molar-refractivity contribution < 1.29 is 5.11 Å². The van der Waals surface area contributed by atoms with Crippen molar-refractivity contribution in [3.63, 3.8) is 0 Å². The minimum atomic E-state index is -0.327. The maximum Gasteiger partial charge on any atom is 0.132 e. The molecule has 1 aliphatic carbocycles. The number of hydrogen-bond donors (Lipinski definition) is 1. The summed E-state index contributed by atoms with van der Waals surface area (Å²) >= 11 is 0. The lowest BCUT2D eigenvalue weighted by Gasteiger charge is -2.36. The van der Waals surface area contributed by atoms with Crippen molar-refractivity contribution >= 4 is 5.82 Å². The van der Waals surface area contributed by atoms with Crippen molar-refractivity contribution in [2.24, 2.45) is 0 Å². The standard InChI is InChI=1S/C23H32N6O/c1-16-25-19(14-22(26-16)28-11-9-27(2)10-12-28)21-13-18(30)15-29(21)20-7-3-5-17-6-4-8-24-23(17)20/h4,6,8,14,18,20-21,30H,3,5,7,9-13,15H2,1-2H3/t18-,20+,21+/m1/s1. The Morgan fingerprint density at radius 2 is 1.93 bits per heavy atom. The first-order valence-corrected chi connectivity index (χ1v) is 11.2. The van der Waals surface area contributed by atoms with Crippen molar-refractivity contribution in [3.8, 4) is 0 Å². The molecule has 4 heterocycles. The summed E-state index contributed by atoms with van der Waals surface area (Å²) in [5.41, 5.74) is 3.58. The van der Waals surface area contributed by atoms with Gasteiger partial charge in [0.1, 0.15) is 11.6 Å². The molecule has 2 aromatic heterocycles. The third-order valence-corrected chi connectivity index (χ3v) is 6.90. The maximum absolute atomic E-state index is 10.6. The van der Waals surface area contributed by atoms with E-state index in [0.29, 0.717) is 6.54 Å². The molecule has 5 rings (SSSR count). The smallest absolute Gasteiger partial charge is 0.132 e. The van der Waals surface area contributed by atoms with E-state index in [-0.39, 0.29) is 18.2 Å². The fourth-order valence-electron chi connectivity index (χ4n) is 5.32. The van der Waals surface area contributed by atoms with Gasteiger partial charge in [-0.2, -0.15) is 0 Å². The van der Waals surface area contributed by atoms with Crippen LogP contribution < -0.4 is 4.90 Å². The molecule has 2 aromatic rings. The third kappa shape index (κ3) is 3.82. The minimum Gasteiger partial charge on any atom is -0.392 e. The van der Waals surface area contributed by atoms with E-state index < -0.39 is 0 Å². The largest absolute Gasteiger partial charge is 0.392 e. The number of hydrogen-bond acceptors (Lipinski definition) is 7. The summed E-state index contributed by atoms with van der Waals surface area (Å²) in [7, 11) is 2.17. The van der Waals surface area contributed by atoms with Gasteiger partial charge >= 0.3 is 0 Å². The van der Waals surface area contributed by atoms with Crippen LogP contribution >= 0.6 is 0 Å². The maximum atomic E-state index is 10.6. The Morgan fingerprint density at radius 1 is 1.10 bits per heavy atom. The van der Waals surface area contributed by atoms with Crippen molar-refractivity contribution in [1.29, 1.82) is 0 Å². The van der Waals surface area contributed by atoms with Crippen LogP contribution in [0.3, 0.4) is 0 Å². The number of aryl methyl sites for hydroxylation is 2. The Balaban J connectivity index is 1.46. The van der Waals surface area contributed by atoms with Gasteiger partial charge in [0, 0.05) is 45.0 Å².